The summed E-state index contributed by atoms with van der Waals surface area (Å²) in [5.41, 5.74) is 5.09. The molecular formula is C25H23N5O3S. The van der Waals surface area contributed by atoms with Crippen molar-refractivity contribution in [2.24, 2.45) is 0 Å². The molecule has 9 heteroatoms. The molecule has 172 valence electrons. The number of para-hydroxylation sites is 1. The summed E-state index contributed by atoms with van der Waals surface area (Å²) in [5, 5.41) is 11.7. The number of fused-ring (bicyclic) bond motifs is 1. The molecule has 0 bridgehead atoms. The molecule has 0 saturated heterocycles. The molecule has 8 nitrogen and oxygen atoms in total. The number of carbonyl (C=O) groups excluding carboxylic acids is 1. The summed E-state index contributed by atoms with van der Waals surface area (Å²) in [7, 11) is 1.60. The molecule has 1 aliphatic heterocycles. The van der Waals surface area contributed by atoms with Crippen LogP contribution in [0, 0.1) is 0 Å². The number of ether oxygens (including phenoxy) is 2. The van der Waals surface area contributed by atoms with E-state index in [9.17, 15) is 4.79 Å². The topological polar surface area (TPSA) is 90.3 Å². The molecule has 3 aromatic carbocycles. The highest BCUT2D eigenvalue weighted by Gasteiger charge is 2.38. The molecule has 2 heterocycles. The van der Waals surface area contributed by atoms with E-state index in [-0.39, 0.29) is 18.6 Å². The van der Waals surface area contributed by atoms with Crippen molar-refractivity contribution >= 4 is 23.4 Å². The first-order valence-corrected chi connectivity index (χ1v) is 11.6. The number of methoxy groups -OCH3 is 1. The molecule has 0 fully saturated rings. The maximum absolute atomic E-state index is 13.4. The fourth-order valence-electron chi connectivity index (χ4n) is 3.68. The number of hydrogen-bond acceptors (Lipinski definition) is 7. The number of carbonyl (C=O) groups is 1. The van der Waals surface area contributed by atoms with Gasteiger partial charge in [-0.2, -0.15) is 0 Å². The van der Waals surface area contributed by atoms with Crippen LogP contribution in [0.4, 0.5) is 5.69 Å². The minimum absolute atomic E-state index is 0.143. The number of nitrogens with zero attached hydrogens (tertiary/aromatic N) is 3. The van der Waals surface area contributed by atoms with Crippen LogP contribution in [0.15, 0.2) is 90.1 Å². The van der Waals surface area contributed by atoms with E-state index in [1.807, 2.05) is 78.9 Å². The summed E-state index contributed by atoms with van der Waals surface area (Å²) in [4.78, 5) is 13.4. The number of amides is 1. The number of anilines is 1. The zero-order valence-electron chi connectivity index (χ0n) is 18.4. The minimum Gasteiger partial charge on any atom is -0.497 e. The molecule has 4 aromatic rings. The number of nitrogens with one attached hydrogen (secondary N) is 2. The summed E-state index contributed by atoms with van der Waals surface area (Å²) in [6.07, 6.45) is 0. The summed E-state index contributed by atoms with van der Waals surface area (Å²) < 4.78 is 12.9. The van der Waals surface area contributed by atoms with Gasteiger partial charge in [-0.25, -0.2) is 4.68 Å². The maximum Gasteiger partial charge on any atom is 0.240 e. The Balaban J connectivity index is 1.40. The Kier molecular flexibility index (Phi) is 6.35. The molecule has 34 heavy (non-hydrogen) atoms. The zero-order chi connectivity index (χ0) is 23.3. The maximum atomic E-state index is 13.4. The van der Waals surface area contributed by atoms with E-state index in [0.29, 0.717) is 22.4 Å². The molecule has 0 spiro atoms. The summed E-state index contributed by atoms with van der Waals surface area (Å²) >= 11 is 1.37. The van der Waals surface area contributed by atoms with Gasteiger partial charge in [-0.1, -0.05) is 66.4 Å². The van der Waals surface area contributed by atoms with Crippen LogP contribution in [0.25, 0.3) is 0 Å². The number of rotatable bonds is 7. The van der Waals surface area contributed by atoms with Crippen molar-refractivity contribution in [1.82, 2.24) is 14.9 Å². The first-order valence-electron chi connectivity index (χ1n) is 10.8. The standard InChI is InChI=1S/C25H23N5O3S/c1-32-20-14-8-11-18(15-20)26-24(31)23-22(17-9-4-2-5-10-17)29-30-21(27-28-25(30)34-23)16-33-19-12-6-3-7-13-19/h2-15,22-23,29H,16H2,1H3,(H,26,31). The van der Waals surface area contributed by atoms with E-state index in [0.717, 1.165) is 11.3 Å². The van der Waals surface area contributed by atoms with Crippen molar-refractivity contribution in [3.8, 4) is 11.5 Å². The lowest BCUT2D eigenvalue weighted by atomic mass is 10.0. The van der Waals surface area contributed by atoms with E-state index in [4.69, 9.17) is 9.47 Å². The normalized spacial score (nSPS) is 16.7. The third-order valence-electron chi connectivity index (χ3n) is 5.37. The predicted molar refractivity (Wildman–Crippen MR) is 131 cm³/mol. The Morgan fingerprint density at radius 2 is 1.74 bits per heavy atom. The fraction of sp³-hybridized carbons (Fsp3) is 0.160. The molecule has 1 aromatic heterocycles. The van der Waals surface area contributed by atoms with Gasteiger partial charge in [-0.3, -0.25) is 4.79 Å². The van der Waals surface area contributed by atoms with Gasteiger partial charge in [0.05, 0.1) is 13.2 Å². The Bertz CT molecular complexity index is 1270. The molecule has 0 radical (unpaired) electrons. The highest BCUT2D eigenvalue weighted by atomic mass is 32.2. The third kappa shape index (κ3) is 4.69. The molecular weight excluding hydrogens is 450 g/mol. The number of aromatic nitrogens is 3. The Labute approximate surface area is 201 Å². The van der Waals surface area contributed by atoms with E-state index in [2.05, 4.69) is 20.9 Å². The van der Waals surface area contributed by atoms with E-state index in [1.165, 1.54) is 11.8 Å². The van der Waals surface area contributed by atoms with Gasteiger partial charge in [-0.15, -0.1) is 10.2 Å². The van der Waals surface area contributed by atoms with Gasteiger partial charge in [0.15, 0.2) is 5.82 Å². The van der Waals surface area contributed by atoms with E-state index < -0.39 is 5.25 Å². The first kappa shape index (κ1) is 21.8. The van der Waals surface area contributed by atoms with Crippen molar-refractivity contribution < 1.29 is 14.3 Å². The first-order chi connectivity index (χ1) is 16.7. The number of hydrogen-bond donors (Lipinski definition) is 2. The van der Waals surface area contributed by atoms with Crippen molar-refractivity contribution in [3.05, 3.63) is 96.3 Å². The van der Waals surface area contributed by atoms with Crippen LogP contribution in [0.5, 0.6) is 11.5 Å². The molecule has 1 aliphatic rings. The van der Waals surface area contributed by atoms with Gasteiger partial charge >= 0.3 is 0 Å². The molecule has 2 unspecified atom stereocenters. The van der Waals surface area contributed by atoms with Crippen molar-refractivity contribution in [1.29, 1.82) is 0 Å². The SMILES string of the molecule is COc1cccc(NC(=O)C2Sc3nnc(COc4ccccc4)n3NC2c2ccccc2)c1. The van der Waals surface area contributed by atoms with Crippen LogP contribution < -0.4 is 20.2 Å². The Hall–Kier alpha value is -3.98. The summed E-state index contributed by atoms with van der Waals surface area (Å²) in [5.74, 6) is 1.91. The minimum atomic E-state index is -0.479. The predicted octanol–water partition coefficient (Wildman–Crippen LogP) is 4.26. The van der Waals surface area contributed by atoms with Gasteiger partial charge in [0.25, 0.3) is 0 Å². The lowest BCUT2D eigenvalue weighted by Crippen LogP contribution is -2.41. The van der Waals surface area contributed by atoms with Crippen LogP contribution in [-0.2, 0) is 11.4 Å². The summed E-state index contributed by atoms with van der Waals surface area (Å²) in [6.45, 7) is 0.243. The van der Waals surface area contributed by atoms with Crippen molar-refractivity contribution in [2.75, 3.05) is 17.9 Å². The molecule has 2 N–H and O–H groups in total. The molecule has 0 saturated carbocycles. The fourth-order valence-corrected chi connectivity index (χ4v) is 4.78. The number of thioether (sulfide) groups is 1. The van der Waals surface area contributed by atoms with Crippen LogP contribution in [0.3, 0.4) is 0 Å². The second kappa shape index (κ2) is 9.88. The average Bonchev–Trinajstić information content (AvgIpc) is 3.30. The van der Waals surface area contributed by atoms with Crippen LogP contribution >= 0.6 is 11.8 Å². The van der Waals surface area contributed by atoms with E-state index >= 15 is 0 Å². The third-order valence-corrected chi connectivity index (χ3v) is 6.58. The smallest absolute Gasteiger partial charge is 0.240 e. The lowest BCUT2D eigenvalue weighted by molar-refractivity contribution is -0.116. The Morgan fingerprint density at radius 1 is 1.00 bits per heavy atom. The van der Waals surface area contributed by atoms with Crippen molar-refractivity contribution in [2.45, 2.75) is 23.1 Å². The van der Waals surface area contributed by atoms with Crippen LogP contribution in [-0.4, -0.2) is 33.1 Å². The van der Waals surface area contributed by atoms with Gasteiger partial charge in [0.1, 0.15) is 23.4 Å². The van der Waals surface area contributed by atoms with Gasteiger partial charge in [0, 0.05) is 11.8 Å². The average molecular weight is 474 g/mol. The van der Waals surface area contributed by atoms with Gasteiger partial charge < -0.3 is 20.2 Å². The second-order valence-electron chi connectivity index (χ2n) is 7.61. The second-order valence-corrected chi connectivity index (χ2v) is 8.72. The highest BCUT2D eigenvalue weighted by molar-refractivity contribution is 8.00. The lowest BCUT2D eigenvalue weighted by Gasteiger charge is -2.33. The number of benzene rings is 3. The monoisotopic (exact) mass is 473 g/mol. The summed E-state index contributed by atoms with van der Waals surface area (Å²) in [6, 6.07) is 26.4. The largest absolute Gasteiger partial charge is 0.497 e. The van der Waals surface area contributed by atoms with Crippen LogP contribution in [0.2, 0.25) is 0 Å². The molecule has 0 aliphatic carbocycles. The van der Waals surface area contributed by atoms with Gasteiger partial charge in [-0.05, 0) is 29.8 Å². The van der Waals surface area contributed by atoms with Crippen molar-refractivity contribution in [3.63, 3.8) is 0 Å². The zero-order valence-corrected chi connectivity index (χ0v) is 19.2. The Morgan fingerprint density at radius 3 is 2.50 bits per heavy atom. The molecule has 1 amide bonds. The van der Waals surface area contributed by atoms with Crippen LogP contribution in [0.1, 0.15) is 17.4 Å². The van der Waals surface area contributed by atoms with E-state index in [1.54, 1.807) is 17.9 Å². The van der Waals surface area contributed by atoms with Gasteiger partial charge in [0.2, 0.25) is 11.1 Å². The molecule has 5 rings (SSSR count). The highest BCUT2D eigenvalue weighted by Crippen LogP contribution is 2.37. The molecule has 2 atom stereocenters. The quantitative estimate of drug-likeness (QED) is 0.414.